The van der Waals surface area contributed by atoms with Crippen LogP contribution in [0.15, 0.2) is 71.4 Å². The molecule has 122 valence electrons. The molecule has 0 aliphatic carbocycles. The van der Waals surface area contributed by atoms with Gasteiger partial charge in [-0.15, -0.1) is 0 Å². The van der Waals surface area contributed by atoms with Crippen LogP contribution in [0.5, 0.6) is 0 Å². The summed E-state index contributed by atoms with van der Waals surface area (Å²) in [6.45, 7) is 0. The highest BCUT2D eigenvalue weighted by atomic mass is 32.2. The molecule has 0 spiro atoms. The zero-order valence-corrected chi connectivity index (χ0v) is 12.3. The van der Waals surface area contributed by atoms with Gasteiger partial charge in [0.2, 0.25) is 0 Å². The van der Waals surface area contributed by atoms with Crippen molar-refractivity contribution in [1.82, 2.24) is 0 Å². The van der Waals surface area contributed by atoms with Crippen molar-refractivity contribution in [3.63, 3.8) is 0 Å². The highest BCUT2D eigenvalue weighted by Gasteiger charge is 2.62. The van der Waals surface area contributed by atoms with E-state index in [1.807, 2.05) is 0 Å². The van der Waals surface area contributed by atoms with E-state index < -0.39 is 22.8 Å². The maximum absolute atomic E-state index is 14.1. The molecule has 0 nitrogen and oxygen atoms in total. The Kier molecular flexibility index (Phi) is 5.09. The third-order valence-electron chi connectivity index (χ3n) is 2.83. The second kappa shape index (κ2) is 6.70. The summed E-state index contributed by atoms with van der Waals surface area (Å²) in [5, 5.41) is 0. The molecule has 0 bridgehead atoms. The zero-order chi connectivity index (χ0) is 17.1. The van der Waals surface area contributed by atoms with E-state index in [1.165, 1.54) is 36.4 Å². The minimum absolute atomic E-state index is 0.0530. The predicted molar refractivity (Wildman–Crippen MR) is 77.8 cm³/mol. The van der Waals surface area contributed by atoms with E-state index in [0.29, 0.717) is 16.7 Å². The number of hydrogen-bond acceptors (Lipinski definition) is 1. The SMILES string of the molecule is F/C(=C(/Sc1ccccc1)c1ccccc1)C(F)(F)C(F)(F)F. The van der Waals surface area contributed by atoms with Gasteiger partial charge >= 0.3 is 12.1 Å². The third-order valence-corrected chi connectivity index (χ3v) is 3.96. The number of allylic oxidation sites excluding steroid dienone is 1. The maximum Gasteiger partial charge on any atom is 0.460 e. The van der Waals surface area contributed by atoms with Crippen LogP contribution in [-0.2, 0) is 0 Å². The summed E-state index contributed by atoms with van der Waals surface area (Å²) >= 11 is 0.518. The number of thioether (sulfide) groups is 1. The molecule has 2 aromatic rings. The summed E-state index contributed by atoms with van der Waals surface area (Å²) < 4.78 is 78.3. The lowest BCUT2D eigenvalue weighted by atomic mass is 10.1. The quantitative estimate of drug-likeness (QED) is 0.460. The van der Waals surface area contributed by atoms with Gasteiger partial charge in [-0.1, -0.05) is 60.3 Å². The van der Waals surface area contributed by atoms with E-state index in [-0.39, 0.29) is 5.56 Å². The van der Waals surface area contributed by atoms with Crippen LogP contribution < -0.4 is 0 Å². The van der Waals surface area contributed by atoms with Crippen LogP contribution in [0.4, 0.5) is 26.3 Å². The Bertz CT molecular complexity index is 677. The van der Waals surface area contributed by atoms with Crippen molar-refractivity contribution in [1.29, 1.82) is 0 Å². The van der Waals surface area contributed by atoms with E-state index in [9.17, 15) is 26.3 Å². The van der Waals surface area contributed by atoms with Crippen molar-refractivity contribution in [2.24, 2.45) is 0 Å². The van der Waals surface area contributed by atoms with Crippen LogP contribution >= 0.6 is 11.8 Å². The Labute approximate surface area is 132 Å². The largest absolute Gasteiger partial charge is 0.460 e. The fourth-order valence-electron chi connectivity index (χ4n) is 1.69. The second-order valence-corrected chi connectivity index (χ2v) is 5.58. The number of hydrogen-bond donors (Lipinski definition) is 0. The Morgan fingerprint density at radius 3 is 1.70 bits per heavy atom. The molecule has 7 heteroatoms. The minimum atomic E-state index is -6.01. The molecule has 2 rings (SSSR count). The van der Waals surface area contributed by atoms with Crippen molar-refractivity contribution >= 4 is 16.7 Å². The van der Waals surface area contributed by atoms with Crippen molar-refractivity contribution < 1.29 is 26.3 Å². The fourth-order valence-corrected chi connectivity index (χ4v) is 2.69. The molecule has 2 aromatic carbocycles. The molecule has 0 saturated heterocycles. The standard InChI is InChI=1S/C16H10F6S/c17-14(15(18,19)16(20,21)22)13(11-7-3-1-4-8-11)23-12-9-5-2-6-10-12/h1-10H/b14-13+. The highest BCUT2D eigenvalue weighted by Crippen LogP contribution is 2.48. The summed E-state index contributed by atoms with van der Waals surface area (Å²) in [7, 11) is 0. The Hall–Kier alpha value is -1.89. The molecule has 0 aliphatic heterocycles. The summed E-state index contributed by atoms with van der Waals surface area (Å²) in [5.74, 6) is -8.06. The molecule has 0 unspecified atom stereocenters. The molecule has 0 heterocycles. The lowest BCUT2D eigenvalue weighted by molar-refractivity contribution is -0.270. The molecule has 0 amide bonds. The van der Waals surface area contributed by atoms with Gasteiger partial charge in [-0.05, 0) is 17.7 Å². The summed E-state index contributed by atoms with van der Waals surface area (Å²) in [5.41, 5.74) is -0.0530. The summed E-state index contributed by atoms with van der Waals surface area (Å²) in [4.78, 5) is -0.418. The first-order chi connectivity index (χ1) is 10.7. The molecule has 0 radical (unpaired) electrons. The molecular weight excluding hydrogens is 338 g/mol. The topological polar surface area (TPSA) is 0 Å². The van der Waals surface area contributed by atoms with Gasteiger partial charge in [0.1, 0.15) is 0 Å². The van der Waals surface area contributed by atoms with E-state index in [0.717, 1.165) is 0 Å². The number of alkyl halides is 5. The summed E-state index contributed by atoms with van der Waals surface area (Å²) in [6.07, 6.45) is -6.01. The van der Waals surface area contributed by atoms with Gasteiger partial charge < -0.3 is 0 Å². The predicted octanol–water partition coefficient (Wildman–Crippen LogP) is 6.31. The Balaban J connectivity index is 2.56. The Morgan fingerprint density at radius 1 is 0.739 bits per heavy atom. The maximum atomic E-state index is 14.1. The van der Waals surface area contributed by atoms with Crippen molar-refractivity contribution in [2.45, 2.75) is 17.0 Å². The first-order valence-electron chi connectivity index (χ1n) is 6.36. The first-order valence-corrected chi connectivity index (χ1v) is 7.18. The van der Waals surface area contributed by atoms with E-state index in [1.54, 1.807) is 24.3 Å². The number of halogens is 6. The number of benzene rings is 2. The van der Waals surface area contributed by atoms with Gasteiger partial charge in [0, 0.05) is 4.90 Å². The normalized spacial score (nSPS) is 13.7. The van der Waals surface area contributed by atoms with Gasteiger partial charge in [-0.2, -0.15) is 22.0 Å². The van der Waals surface area contributed by atoms with E-state index >= 15 is 0 Å². The van der Waals surface area contributed by atoms with Crippen molar-refractivity contribution in [3.8, 4) is 0 Å². The van der Waals surface area contributed by atoms with Gasteiger partial charge in [0.15, 0.2) is 5.83 Å². The fraction of sp³-hybridized carbons (Fsp3) is 0.125. The minimum Gasteiger partial charge on any atom is -0.203 e. The van der Waals surface area contributed by atoms with Gasteiger partial charge in [0.05, 0.1) is 4.91 Å². The van der Waals surface area contributed by atoms with Crippen LogP contribution in [0.3, 0.4) is 0 Å². The zero-order valence-electron chi connectivity index (χ0n) is 11.4. The van der Waals surface area contributed by atoms with Crippen LogP contribution in [-0.4, -0.2) is 12.1 Å². The van der Waals surface area contributed by atoms with E-state index in [4.69, 9.17) is 0 Å². The van der Waals surface area contributed by atoms with Crippen molar-refractivity contribution in [2.75, 3.05) is 0 Å². The molecule has 0 N–H and O–H groups in total. The van der Waals surface area contributed by atoms with Gasteiger partial charge in [-0.3, -0.25) is 0 Å². The number of rotatable bonds is 4. The molecule has 0 atom stereocenters. The molecule has 0 fully saturated rings. The Morgan fingerprint density at radius 2 is 1.22 bits per heavy atom. The molecular formula is C16H10F6S. The molecule has 0 saturated carbocycles. The molecule has 23 heavy (non-hydrogen) atoms. The highest BCUT2D eigenvalue weighted by molar-refractivity contribution is 8.08. The monoisotopic (exact) mass is 348 g/mol. The van der Waals surface area contributed by atoms with Crippen LogP contribution in [0.1, 0.15) is 5.56 Å². The van der Waals surface area contributed by atoms with Crippen molar-refractivity contribution in [3.05, 3.63) is 72.1 Å². The second-order valence-electron chi connectivity index (χ2n) is 4.50. The summed E-state index contributed by atoms with van der Waals surface area (Å²) in [6, 6.07) is 14.7. The molecule has 0 aliphatic rings. The van der Waals surface area contributed by atoms with Gasteiger partial charge in [0.25, 0.3) is 0 Å². The first kappa shape index (κ1) is 17.5. The average molecular weight is 348 g/mol. The smallest absolute Gasteiger partial charge is 0.203 e. The average Bonchev–Trinajstić information content (AvgIpc) is 2.52. The van der Waals surface area contributed by atoms with Crippen LogP contribution in [0, 0.1) is 0 Å². The van der Waals surface area contributed by atoms with Crippen LogP contribution in [0.2, 0.25) is 0 Å². The lowest BCUT2D eigenvalue weighted by Crippen LogP contribution is -2.37. The lowest BCUT2D eigenvalue weighted by Gasteiger charge is -2.20. The van der Waals surface area contributed by atoms with Gasteiger partial charge in [-0.25, -0.2) is 4.39 Å². The molecule has 0 aromatic heterocycles. The van der Waals surface area contributed by atoms with Crippen LogP contribution in [0.25, 0.3) is 4.91 Å². The third kappa shape index (κ3) is 3.90. The van der Waals surface area contributed by atoms with E-state index in [2.05, 4.69) is 0 Å².